The van der Waals surface area contributed by atoms with Gasteiger partial charge in [0.1, 0.15) is 18.2 Å². The molecule has 0 radical (unpaired) electrons. The first-order valence-electron chi connectivity index (χ1n) is 9.63. The fraction of sp³-hybridized carbons (Fsp3) is 0.208. The maximum atomic E-state index is 13.0. The molecule has 0 fully saturated rings. The van der Waals surface area contributed by atoms with Crippen LogP contribution in [0.25, 0.3) is 6.08 Å². The zero-order valence-corrected chi connectivity index (χ0v) is 17.2. The van der Waals surface area contributed by atoms with Crippen molar-refractivity contribution in [1.82, 2.24) is 4.90 Å². The molecule has 0 atom stereocenters. The Kier molecular flexibility index (Phi) is 4.49. The monoisotopic (exact) mass is 403 g/mol. The predicted molar refractivity (Wildman–Crippen MR) is 114 cm³/mol. The Bertz CT molecular complexity index is 1130. The van der Waals surface area contributed by atoms with Crippen LogP contribution in [0.2, 0.25) is 0 Å². The van der Waals surface area contributed by atoms with Crippen LogP contribution in [0.1, 0.15) is 37.5 Å². The lowest BCUT2D eigenvalue weighted by atomic mass is 10.00. The van der Waals surface area contributed by atoms with Crippen molar-refractivity contribution >= 4 is 23.2 Å². The summed E-state index contributed by atoms with van der Waals surface area (Å²) in [5, 5.41) is 2.09. The van der Waals surface area contributed by atoms with E-state index in [1.54, 1.807) is 11.3 Å². The van der Waals surface area contributed by atoms with Gasteiger partial charge in [-0.3, -0.25) is 9.69 Å². The van der Waals surface area contributed by atoms with E-state index in [1.165, 1.54) is 4.88 Å². The van der Waals surface area contributed by atoms with Crippen molar-refractivity contribution in [2.75, 3.05) is 6.73 Å². The van der Waals surface area contributed by atoms with Gasteiger partial charge in [-0.15, -0.1) is 11.3 Å². The Labute approximate surface area is 174 Å². The van der Waals surface area contributed by atoms with Gasteiger partial charge in [0.2, 0.25) is 5.78 Å². The first kappa shape index (κ1) is 18.2. The molecule has 2 aliphatic heterocycles. The summed E-state index contributed by atoms with van der Waals surface area (Å²) < 4.78 is 12.1. The lowest BCUT2D eigenvalue weighted by molar-refractivity contribution is 0.0886. The first-order chi connectivity index (χ1) is 14.1. The number of allylic oxidation sites excluding steroid dienone is 1. The van der Waals surface area contributed by atoms with E-state index in [0.29, 0.717) is 23.8 Å². The van der Waals surface area contributed by atoms with Crippen LogP contribution in [0.5, 0.6) is 11.5 Å². The third-order valence-electron chi connectivity index (χ3n) is 5.30. The van der Waals surface area contributed by atoms with Gasteiger partial charge in [0.15, 0.2) is 5.76 Å². The minimum Gasteiger partial charge on any atom is -0.477 e. The molecule has 2 aliphatic rings. The molecule has 2 aromatic carbocycles. The van der Waals surface area contributed by atoms with Crippen molar-refractivity contribution in [3.05, 3.63) is 86.3 Å². The molecule has 0 bridgehead atoms. The van der Waals surface area contributed by atoms with Gasteiger partial charge in [0.05, 0.1) is 5.56 Å². The number of rotatable bonds is 3. The number of fused-ring (bicyclic) bond motifs is 2. The molecule has 0 N–H and O–H groups in total. The van der Waals surface area contributed by atoms with Crippen molar-refractivity contribution < 1.29 is 14.3 Å². The molecule has 3 heterocycles. The molecule has 1 aromatic heterocycles. The van der Waals surface area contributed by atoms with E-state index < -0.39 is 0 Å². The van der Waals surface area contributed by atoms with Crippen LogP contribution in [0.3, 0.4) is 0 Å². The molecule has 29 heavy (non-hydrogen) atoms. The number of nitrogens with zero attached hydrogens (tertiary/aromatic N) is 1. The molecule has 3 aromatic rings. The molecule has 0 saturated heterocycles. The highest BCUT2D eigenvalue weighted by Gasteiger charge is 2.33. The maximum absolute atomic E-state index is 13.0. The lowest BCUT2D eigenvalue weighted by Gasteiger charge is -2.30. The van der Waals surface area contributed by atoms with Crippen LogP contribution >= 0.6 is 11.3 Å². The van der Waals surface area contributed by atoms with Gasteiger partial charge in [0.25, 0.3) is 0 Å². The van der Waals surface area contributed by atoms with Crippen LogP contribution in [0, 0.1) is 13.8 Å². The highest BCUT2D eigenvalue weighted by molar-refractivity contribution is 7.09. The third kappa shape index (κ3) is 3.37. The van der Waals surface area contributed by atoms with Crippen molar-refractivity contribution in [1.29, 1.82) is 0 Å². The molecular weight excluding hydrogens is 382 g/mol. The van der Waals surface area contributed by atoms with Crippen LogP contribution < -0.4 is 9.47 Å². The van der Waals surface area contributed by atoms with Crippen molar-refractivity contribution in [2.24, 2.45) is 0 Å². The van der Waals surface area contributed by atoms with E-state index in [2.05, 4.69) is 22.4 Å². The van der Waals surface area contributed by atoms with E-state index in [0.717, 1.165) is 41.1 Å². The maximum Gasteiger partial charge on any atom is 0.231 e. The Morgan fingerprint density at radius 1 is 1.14 bits per heavy atom. The largest absolute Gasteiger partial charge is 0.477 e. The summed E-state index contributed by atoms with van der Waals surface area (Å²) in [7, 11) is 0. The molecule has 5 rings (SSSR count). The fourth-order valence-electron chi connectivity index (χ4n) is 3.93. The fourth-order valence-corrected chi connectivity index (χ4v) is 4.68. The summed E-state index contributed by atoms with van der Waals surface area (Å²) in [6.45, 7) is 6.13. The Morgan fingerprint density at radius 3 is 2.83 bits per heavy atom. The molecular formula is C24H21NO3S. The van der Waals surface area contributed by atoms with Gasteiger partial charge in [-0.1, -0.05) is 35.9 Å². The molecule has 0 aliphatic carbocycles. The van der Waals surface area contributed by atoms with E-state index in [9.17, 15) is 4.79 Å². The van der Waals surface area contributed by atoms with Gasteiger partial charge in [-0.05, 0) is 43.0 Å². The van der Waals surface area contributed by atoms with Gasteiger partial charge in [-0.25, -0.2) is 0 Å². The van der Waals surface area contributed by atoms with Gasteiger partial charge < -0.3 is 9.47 Å². The second-order valence-electron chi connectivity index (χ2n) is 7.56. The number of carbonyl (C=O) groups is 1. The molecule has 0 spiro atoms. The van der Waals surface area contributed by atoms with Crippen molar-refractivity contribution in [2.45, 2.75) is 26.9 Å². The quantitative estimate of drug-likeness (QED) is 0.554. The van der Waals surface area contributed by atoms with Gasteiger partial charge >= 0.3 is 0 Å². The predicted octanol–water partition coefficient (Wildman–Crippen LogP) is 5.33. The zero-order valence-electron chi connectivity index (χ0n) is 16.4. The number of aryl methyl sites for hydroxylation is 1. The summed E-state index contributed by atoms with van der Waals surface area (Å²) in [5.74, 6) is 1.77. The minimum atomic E-state index is -0.0669. The number of ether oxygens (including phenoxy) is 2. The number of ketones is 1. The number of hydrogen-bond acceptors (Lipinski definition) is 5. The first-order valence-corrected chi connectivity index (χ1v) is 10.5. The standard InChI is InChI=1S/C24H21NO3S/c1-15-5-3-6-17(9-15)10-21-22(26)20-11-18-12-25(13-19-7-4-8-29-19)14-27-23(18)16(2)24(20)28-21/h3-11H,12-14H2,1-2H3/b21-10-. The van der Waals surface area contributed by atoms with Crippen molar-refractivity contribution in [3.63, 3.8) is 0 Å². The number of benzene rings is 2. The van der Waals surface area contributed by atoms with Crippen molar-refractivity contribution in [3.8, 4) is 11.5 Å². The lowest BCUT2D eigenvalue weighted by Crippen LogP contribution is -2.31. The van der Waals surface area contributed by atoms with Crippen LogP contribution in [-0.2, 0) is 13.1 Å². The van der Waals surface area contributed by atoms with E-state index in [4.69, 9.17) is 9.47 Å². The third-order valence-corrected chi connectivity index (χ3v) is 6.16. The summed E-state index contributed by atoms with van der Waals surface area (Å²) in [4.78, 5) is 16.6. The van der Waals surface area contributed by atoms with Gasteiger partial charge in [-0.2, -0.15) is 0 Å². The number of Topliss-reactive ketones (excluding diaryl/α,β-unsaturated/α-hetero) is 1. The summed E-state index contributed by atoms with van der Waals surface area (Å²) >= 11 is 1.74. The van der Waals surface area contributed by atoms with E-state index >= 15 is 0 Å². The second-order valence-corrected chi connectivity index (χ2v) is 8.59. The summed E-state index contributed by atoms with van der Waals surface area (Å²) in [6, 6.07) is 14.2. The average molecular weight is 404 g/mol. The Morgan fingerprint density at radius 2 is 2.03 bits per heavy atom. The summed E-state index contributed by atoms with van der Waals surface area (Å²) in [5.41, 5.74) is 4.67. The molecule has 0 unspecified atom stereocenters. The van der Waals surface area contributed by atoms with E-state index in [-0.39, 0.29) is 5.78 Å². The topological polar surface area (TPSA) is 38.8 Å². The number of carbonyl (C=O) groups excluding carboxylic acids is 1. The second kappa shape index (κ2) is 7.17. The zero-order chi connectivity index (χ0) is 20.0. The molecule has 0 amide bonds. The van der Waals surface area contributed by atoms with Crippen LogP contribution in [0.15, 0.2) is 53.6 Å². The molecule has 0 saturated carbocycles. The smallest absolute Gasteiger partial charge is 0.231 e. The highest BCUT2D eigenvalue weighted by atomic mass is 32.1. The number of hydrogen-bond donors (Lipinski definition) is 0. The number of thiophene rings is 1. The summed E-state index contributed by atoms with van der Waals surface area (Å²) in [6.07, 6.45) is 1.82. The van der Waals surface area contributed by atoms with Gasteiger partial charge in [0, 0.05) is 29.1 Å². The SMILES string of the molecule is Cc1cccc(/C=C2\Oc3c(cc4c(c3C)OCN(Cc3cccs3)C4)C2=O)c1. The Balaban J connectivity index is 1.45. The highest BCUT2D eigenvalue weighted by Crippen LogP contribution is 2.43. The average Bonchev–Trinajstić information content (AvgIpc) is 3.31. The van der Waals surface area contributed by atoms with Crippen LogP contribution in [0.4, 0.5) is 0 Å². The molecule has 5 heteroatoms. The Hall–Kier alpha value is -2.89. The minimum absolute atomic E-state index is 0.0669. The molecule has 146 valence electrons. The normalized spacial score (nSPS) is 17.0. The van der Waals surface area contributed by atoms with Crippen LogP contribution in [-0.4, -0.2) is 17.4 Å². The van der Waals surface area contributed by atoms with E-state index in [1.807, 2.05) is 50.3 Å². The molecule has 4 nitrogen and oxygen atoms in total.